The fourth-order valence-electron chi connectivity index (χ4n) is 7.37. The maximum atomic E-state index is 10.2. The molecule has 0 radical (unpaired) electrons. The van der Waals surface area contributed by atoms with E-state index in [9.17, 15) is 5.26 Å². The lowest BCUT2D eigenvalue weighted by atomic mass is 9.57. The minimum Gasteiger partial charge on any atom is -0.198 e. The van der Waals surface area contributed by atoms with Crippen LogP contribution in [-0.4, -0.2) is 0 Å². The number of hydrogen-bond donors (Lipinski definition) is 0. The van der Waals surface area contributed by atoms with Gasteiger partial charge in [-0.2, -0.15) is 5.26 Å². The van der Waals surface area contributed by atoms with Gasteiger partial charge in [-0.3, -0.25) is 0 Å². The van der Waals surface area contributed by atoms with Gasteiger partial charge in [-0.15, -0.1) is 0 Å². The summed E-state index contributed by atoms with van der Waals surface area (Å²) in [6, 6.07) is 2.91. The largest absolute Gasteiger partial charge is 0.198 e. The lowest BCUT2D eigenvalue weighted by molar-refractivity contribution is 0.0601. The zero-order chi connectivity index (χ0) is 20.5. The first kappa shape index (κ1) is 23.2. The second-order valence-corrected chi connectivity index (χ2v) is 11.2. The maximum absolute atomic E-state index is 10.2. The third-order valence-corrected chi connectivity index (χ3v) is 9.51. The van der Waals surface area contributed by atoms with Crippen molar-refractivity contribution in [1.29, 1.82) is 5.26 Å². The van der Waals surface area contributed by atoms with Gasteiger partial charge >= 0.3 is 0 Å². The van der Waals surface area contributed by atoms with Crippen LogP contribution in [-0.2, 0) is 0 Å². The van der Waals surface area contributed by atoms with Gasteiger partial charge in [-0.25, -0.2) is 0 Å². The third-order valence-electron chi connectivity index (χ3n) is 9.51. The van der Waals surface area contributed by atoms with Crippen molar-refractivity contribution in [2.75, 3.05) is 0 Å². The number of nitrogens with zero attached hydrogens (tertiary/aromatic N) is 1. The first-order chi connectivity index (χ1) is 14.2. The Balaban J connectivity index is 1.42. The first-order valence-corrected chi connectivity index (χ1v) is 13.6. The average molecular weight is 400 g/mol. The summed E-state index contributed by atoms with van der Waals surface area (Å²) < 4.78 is 0. The van der Waals surface area contributed by atoms with Gasteiger partial charge in [0.1, 0.15) is 0 Å². The molecule has 3 saturated carbocycles. The van der Waals surface area contributed by atoms with Crippen LogP contribution in [0, 0.1) is 46.3 Å². The zero-order valence-corrected chi connectivity index (χ0v) is 19.8. The second kappa shape index (κ2) is 11.8. The average Bonchev–Trinajstić information content (AvgIpc) is 2.79. The molecule has 166 valence electrons. The molecule has 29 heavy (non-hydrogen) atoms. The number of hydrogen-bond acceptors (Lipinski definition) is 1. The molecular weight excluding hydrogens is 350 g/mol. The number of unbranched alkanes of at least 4 members (excludes halogenated alkanes) is 3. The molecule has 1 nitrogen and oxygen atoms in total. The Morgan fingerprint density at radius 2 is 1.17 bits per heavy atom. The molecule has 0 aliphatic heterocycles. The van der Waals surface area contributed by atoms with Crippen molar-refractivity contribution in [2.45, 2.75) is 136 Å². The molecule has 1 heteroatoms. The van der Waals surface area contributed by atoms with Gasteiger partial charge in [0.05, 0.1) is 11.5 Å². The zero-order valence-electron chi connectivity index (χ0n) is 19.8. The molecule has 0 amide bonds. The Hall–Kier alpha value is -0.510. The molecule has 3 rings (SSSR count). The van der Waals surface area contributed by atoms with E-state index in [0.29, 0.717) is 5.92 Å². The van der Waals surface area contributed by atoms with E-state index in [1.165, 1.54) is 122 Å². The van der Waals surface area contributed by atoms with Gasteiger partial charge < -0.3 is 0 Å². The van der Waals surface area contributed by atoms with Crippen molar-refractivity contribution in [3.63, 3.8) is 0 Å². The van der Waals surface area contributed by atoms with Gasteiger partial charge in [0.25, 0.3) is 0 Å². The summed E-state index contributed by atoms with van der Waals surface area (Å²) in [5.41, 5.74) is 0.0449. The normalized spacial score (nSPS) is 38.4. The molecule has 0 aromatic carbocycles. The smallest absolute Gasteiger partial charge is 0.0692 e. The summed E-state index contributed by atoms with van der Waals surface area (Å²) in [5.74, 6) is 4.63. The second-order valence-electron chi connectivity index (χ2n) is 11.2. The van der Waals surface area contributed by atoms with Crippen molar-refractivity contribution in [1.82, 2.24) is 0 Å². The van der Waals surface area contributed by atoms with E-state index in [4.69, 9.17) is 0 Å². The van der Waals surface area contributed by atoms with Crippen LogP contribution in [0.15, 0.2) is 0 Å². The summed E-state index contributed by atoms with van der Waals surface area (Å²) in [4.78, 5) is 0. The van der Waals surface area contributed by atoms with E-state index in [1.54, 1.807) is 0 Å². The predicted molar refractivity (Wildman–Crippen MR) is 125 cm³/mol. The minimum absolute atomic E-state index is 0.0449. The molecule has 3 aliphatic rings. The lowest BCUT2D eigenvalue weighted by Gasteiger charge is -2.46. The van der Waals surface area contributed by atoms with Crippen LogP contribution in [0.3, 0.4) is 0 Å². The highest BCUT2D eigenvalue weighted by Crippen LogP contribution is 2.52. The van der Waals surface area contributed by atoms with Gasteiger partial charge in [0, 0.05) is 0 Å². The molecule has 0 saturated heterocycles. The lowest BCUT2D eigenvalue weighted by Crippen LogP contribution is -2.38. The van der Waals surface area contributed by atoms with Gasteiger partial charge in [-0.05, 0) is 81.0 Å². The Bertz CT molecular complexity index is 479. The van der Waals surface area contributed by atoms with Crippen molar-refractivity contribution < 1.29 is 0 Å². The van der Waals surface area contributed by atoms with Crippen LogP contribution in [0.1, 0.15) is 136 Å². The van der Waals surface area contributed by atoms with Gasteiger partial charge in [0.15, 0.2) is 0 Å². The van der Waals surface area contributed by atoms with Crippen LogP contribution < -0.4 is 0 Å². The Morgan fingerprint density at radius 1 is 0.655 bits per heavy atom. The van der Waals surface area contributed by atoms with E-state index in [0.717, 1.165) is 23.7 Å². The number of rotatable bonds is 9. The van der Waals surface area contributed by atoms with E-state index in [-0.39, 0.29) is 5.41 Å². The highest BCUT2D eigenvalue weighted by atomic mass is 14.5. The van der Waals surface area contributed by atoms with Crippen LogP contribution in [0.4, 0.5) is 0 Å². The maximum Gasteiger partial charge on any atom is 0.0692 e. The van der Waals surface area contributed by atoms with E-state index >= 15 is 0 Å². The molecule has 0 aromatic heterocycles. The predicted octanol–water partition coefficient (Wildman–Crippen LogP) is 9.07. The van der Waals surface area contributed by atoms with Crippen molar-refractivity contribution in [3.8, 4) is 6.07 Å². The molecule has 0 aromatic rings. The van der Waals surface area contributed by atoms with Crippen LogP contribution in [0.25, 0.3) is 0 Å². The number of nitriles is 1. The molecule has 0 spiro atoms. The highest BCUT2D eigenvalue weighted by Gasteiger charge is 2.44. The standard InChI is InChI=1S/C28H49N/c1-3-5-7-9-24-12-16-27(17-13-24)28(22-29)20-18-26(19-21-28)25-14-10-23(11-15-25)8-6-4-2/h23-27H,3-21H2,1-2H3/t23?,24?,25?,26-,27?,28-. The molecular formula is C28H49N. The monoisotopic (exact) mass is 399 g/mol. The first-order valence-electron chi connectivity index (χ1n) is 13.6. The Labute approximate surface area is 182 Å². The SMILES string of the molecule is CCCCCC1CCC([C@]2(C#N)CC[C@@H](C3CCC(CCCC)CC3)CC2)CC1. The minimum atomic E-state index is 0.0449. The van der Waals surface area contributed by atoms with Crippen LogP contribution >= 0.6 is 0 Å². The molecule has 0 heterocycles. The van der Waals surface area contributed by atoms with Crippen molar-refractivity contribution in [3.05, 3.63) is 0 Å². The summed E-state index contributed by atoms with van der Waals surface area (Å²) >= 11 is 0. The topological polar surface area (TPSA) is 23.8 Å². The quantitative estimate of drug-likeness (QED) is 0.355. The van der Waals surface area contributed by atoms with Crippen molar-refractivity contribution in [2.24, 2.45) is 35.0 Å². The highest BCUT2D eigenvalue weighted by molar-refractivity contribution is 5.06. The summed E-state index contributed by atoms with van der Waals surface area (Å²) in [7, 11) is 0. The Morgan fingerprint density at radius 3 is 1.72 bits per heavy atom. The fraction of sp³-hybridized carbons (Fsp3) is 0.964. The molecule has 3 fully saturated rings. The van der Waals surface area contributed by atoms with Crippen molar-refractivity contribution >= 4 is 0 Å². The summed E-state index contributed by atoms with van der Waals surface area (Å²) in [6.07, 6.45) is 26.5. The van der Waals surface area contributed by atoms with Gasteiger partial charge in [0.2, 0.25) is 0 Å². The molecule has 0 unspecified atom stereocenters. The van der Waals surface area contributed by atoms with E-state index < -0.39 is 0 Å². The molecule has 0 bridgehead atoms. The molecule has 0 atom stereocenters. The molecule has 0 N–H and O–H groups in total. The van der Waals surface area contributed by atoms with E-state index in [2.05, 4.69) is 19.9 Å². The Kier molecular flexibility index (Phi) is 9.40. The fourth-order valence-corrected chi connectivity index (χ4v) is 7.37. The third kappa shape index (κ3) is 6.24. The molecule has 3 aliphatic carbocycles. The summed E-state index contributed by atoms with van der Waals surface area (Å²) in [5, 5.41) is 10.2. The van der Waals surface area contributed by atoms with E-state index in [1.807, 2.05) is 0 Å². The van der Waals surface area contributed by atoms with Crippen LogP contribution in [0.5, 0.6) is 0 Å². The summed E-state index contributed by atoms with van der Waals surface area (Å²) in [6.45, 7) is 4.63. The van der Waals surface area contributed by atoms with Gasteiger partial charge in [-0.1, -0.05) is 84.5 Å². The van der Waals surface area contributed by atoms with Crippen LogP contribution in [0.2, 0.25) is 0 Å².